The van der Waals surface area contributed by atoms with Crippen LogP contribution in [0.25, 0.3) is 0 Å². The minimum absolute atomic E-state index is 0.0603. The molecule has 2 heterocycles. The zero-order chi connectivity index (χ0) is 16.4. The van der Waals surface area contributed by atoms with Gasteiger partial charge in [0.15, 0.2) is 0 Å². The van der Waals surface area contributed by atoms with Gasteiger partial charge in [-0.3, -0.25) is 19.2 Å². The normalized spacial score (nSPS) is 14.0. The number of benzene rings is 1. The van der Waals surface area contributed by atoms with E-state index in [9.17, 15) is 18.0 Å². The van der Waals surface area contributed by atoms with Gasteiger partial charge >= 0.3 is 0 Å². The molecular formula is C14H12N4O4S. The summed E-state index contributed by atoms with van der Waals surface area (Å²) in [7, 11) is -3.78. The number of imide groups is 1. The Balaban J connectivity index is 1.69. The Morgan fingerprint density at radius 2 is 1.52 bits per heavy atom. The van der Waals surface area contributed by atoms with Gasteiger partial charge in [-0.05, 0) is 18.2 Å². The molecule has 1 aliphatic rings. The second-order valence-electron chi connectivity index (χ2n) is 4.80. The third-order valence-corrected chi connectivity index (χ3v) is 4.49. The molecule has 0 fully saturated rings. The first-order valence-corrected chi connectivity index (χ1v) is 8.36. The molecule has 3 rings (SSSR count). The molecule has 0 saturated carbocycles. The smallest absolute Gasteiger partial charge is 0.261 e. The molecule has 0 unspecified atom stereocenters. The molecule has 0 aliphatic carbocycles. The number of nitrogens with one attached hydrogen (secondary N) is 1. The largest absolute Gasteiger partial charge is 0.273 e. The average Bonchev–Trinajstić information content (AvgIpc) is 2.78. The van der Waals surface area contributed by atoms with Gasteiger partial charge < -0.3 is 0 Å². The van der Waals surface area contributed by atoms with Gasteiger partial charge in [0.2, 0.25) is 16.0 Å². The minimum Gasteiger partial charge on any atom is -0.273 e. The molecule has 1 aromatic carbocycles. The van der Waals surface area contributed by atoms with Crippen LogP contribution in [0, 0.1) is 0 Å². The lowest BCUT2D eigenvalue weighted by Gasteiger charge is -2.14. The average molecular weight is 332 g/mol. The molecule has 2 amide bonds. The van der Waals surface area contributed by atoms with E-state index in [0.29, 0.717) is 0 Å². The quantitative estimate of drug-likeness (QED) is 0.799. The summed E-state index contributed by atoms with van der Waals surface area (Å²) in [5.41, 5.74) is 0.573. The maximum Gasteiger partial charge on any atom is 0.261 e. The molecule has 9 heteroatoms. The summed E-state index contributed by atoms with van der Waals surface area (Å²) in [4.78, 5) is 32.7. The predicted octanol–water partition coefficient (Wildman–Crippen LogP) is 0.514. The van der Waals surface area contributed by atoms with Crippen LogP contribution < -0.4 is 4.72 Å². The lowest BCUT2D eigenvalue weighted by molar-refractivity contribution is 0.0664. The first-order valence-electron chi connectivity index (χ1n) is 6.71. The SMILES string of the molecule is O=C1c2ccccc2C(=O)N1CCS(=O)(=O)Nc1ncccn1. The lowest BCUT2D eigenvalue weighted by atomic mass is 10.1. The molecule has 1 N–H and O–H groups in total. The monoisotopic (exact) mass is 332 g/mol. The molecule has 0 bridgehead atoms. The number of hydrogen-bond acceptors (Lipinski definition) is 6. The van der Waals surface area contributed by atoms with E-state index in [0.717, 1.165) is 4.90 Å². The van der Waals surface area contributed by atoms with Crippen LogP contribution in [0.5, 0.6) is 0 Å². The Morgan fingerprint density at radius 1 is 0.957 bits per heavy atom. The Kier molecular flexibility index (Phi) is 3.78. The second kappa shape index (κ2) is 5.76. The number of rotatable bonds is 5. The fraction of sp³-hybridized carbons (Fsp3) is 0.143. The summed E-state index contributed by atoms with van der Waals surface area (Å²) in [6, 6.07) is 7.94. The third kappa shape index (κ3) is 3.04. The van der Waals surface area contributed by atoms with Gasteiger partial charge in [0.05, 0.1) is 16.9 Å². The van der Waals surface area contributed by atoms with E-state index in [1.54, 1.807) is 30.3 Å². The zero-order valence-corrected chi connectivity index (χ0v) is 12.7. The predicted molar refractivity (Wildman–Crippen MR) is 81.3 cm³/mol. The van der Waals surface area contributed by atoms with E-state index in [4.69, 9.17) is 0 Å². The standard InChI is InChI=1S/C14H12N4O4S/c19-12-10-4-1-2-5-11(10)13(20)18(12)8-9-23(21,22)17-14-15-6-3-7-16-14/h1-7H,8-9H2,(H,15,16,17). The van der Waals surface area contributed by atoms with Crippen LogP contribution in [0.2, 0.25) is 0 Å². The van der Waals surface area contributed by atoms with Crippen molar-refractivity contribution in [3.8, 4) is 0 Å². The number of hydrogen-bond donors (Lipinski definition) is 1. The van der Waals surface area contributed by atoms with Gasteiger partial charge in [0.1, 0.15) is 0 Å². The molecule has 0 spiro atoms. The van der Waals surface area contributed by atoms with Gasteiger partial charge in [-0.25, -0.2) is 18.4 Å². The van der Waals surface area contributed by atoms with Crippen molar-refractivity contribution in [3.63, 3.8) is 0 Å². The van der Waals surface area contributed by atoms with Gasteiger partial charge in [0, 0.05) is 18.9 Å². The van der Waals surface area contributed by atoms with Crippen molar-refractivity contribution < 1.29 is 18.0 Å². The van der Waals surface area contributed by atoms with Crippen molar-refractivity contribution in [1.82, 2.24) is 14.9 Å². The fourth-order valence-electron chi connectivity index (χ4n) is 2.20. The first kappa shape index (κ1) is 15.1. The maximum absolute atomic E-state index is 12.1. The highest BCUT2D eigenvalue weighted by Gasteiger charge is 2.35. The molecular weight excluding hydrogens is 320 g/mol. The summed E-state index contributed by atoms with van der Waals surface area (Å²) in [5.74, 6) is -1.47. The highest BCUT2D eigenvalue weighted by molar-refractivity contribution is 7.92. The molecule has 0 radical (unpaired) electrons. The van der Waals surface area contributed by atoms with E-state index in [-0.39, 0.29) is 23.6 Å². The zero-order valence-electron chi connectivity index (χ0n) is 11.8. The molecule has 1 aromatic heterocycles. The first-order chi connectivity index (χ1) is 11.0. The number of carbonyl (C=O) groups excluding carboxylic acids is 2. The number of amides is 2. The van der Waals surface area contributed by atoms with Crippen molar-refractivity contribution in [2.75, 3.05) is 17.0 Å². The van der Waals surface area contributed by atoms with E-state index < -0.39 is 27.6 Å². The van der Waals surface area contributed by atoms with E-state index >= 15 is 0 Å². The molecule has 0 atom stereocenters. The number of nitrogens with zero attached hydrogens (tertiary/aromatic N) is 3. The third-order valence-electron chi connectivity index (χ3n) is 3.27. The number of anilines is 1. The van der Waals surface area contributed by atoms with Crippen LogP contribution in [0.3, 0.4) is 0 Å². The van der Waals surface area contributed by atoms with E-state index in [1.807, 2.05) is 0 Å². The van der Waals surface area contributed by atoms with Crippen molar-refractivity contribution in [2.45, 2.75) is 0 Å². The van der Waals surface area contributed by atoms with Crippen LogP contribution in [0.4, 0.5) is 5.95 Å². The van der Waals surface area contributed by atoms with Gasteiger partial charge in [-0.1, -0.05) is 12.1 Å². The van der Waals surface area contributed by atoms with Crippen molar-refractivity contribution in [2.24, 2.45) is 0 Å². The number of aromatic nitrogens is 2. The van der Waals surface area contributed by atoms with Crippen LogP contribution in [-0.4, -0.2) is 47.4 Å². The summed E-state index contributed by atoms with van der Waals surface area (Å²) in [6.07, 6.45) is 2.80. The van der Waals surface area contributed by atoms with Crippen molar-refractivity contribution >= 4 is 27.8 Å². The summed E-state index contributed by atoms with van der Waals surface area (Å²) >= 11 is 0. The summed E-state index contributed by atoms with van der Waals surface area (Å²) < 4.78 is 26.2. The summed E-state index contributed by atoms with van der Waals surface area (Å²) in [5, 5.41) is 0. The highest BCUT2D eigenvalue weighted by Crippen LogP contribution is 2.22. The Morgan fingerprint density at radius 3 is 2.09 bits per heavy atom. The van der Waals surface area contributed by atoms with Gasteiger partial charge in [0.25, 0.3) is 11.8 Å². The maximum atomic E-state index is 12.1. The molecule has 118 valence electrons. The Hall–Kier alpha value is -2.81. The van der Waals surface area contributed by atoms with Crippen LogP contribution in [-0.2, 0) is 10.0 Å². The second-order valence-corrected chi connectivity index (χ2v) is 6.64. The van der Waals surface area contributed by atoms with E-state index in [2.05, 4.69) is 14.7 Å². The number of fused-ring (bicyclic) bond motifs is 1. The Bertz CT molecular complexity index is 832. The van der Waals surface area contributed by atoms with Crippen LogP contribution in [0.1, 0.15) is 20.7 Å². The molecule has 1 aliphatic heterocycles. The van der Waals surface area contributed by atoms with Crippen molar-refractivity contribution in [3.05, 3.63) is 53.9 Å². The molecule has 23 heavy (non-hydrogen) atoms. The number of carbonyl (C=O) groups is 2. The van der Waals surface area contributed by atoms with Crippen LogP contribution in [0.15, 0.2) is 42.7 Å². The minimum atomic E-state index is -3.78. The van der Waals surface area contributed by atoms with E-state index in [1.165, 1.54) is 12.4 Å². The molecule has 2 aromatic rings. The van der Waals surface area contributed by atoms with Crippen LogP contribution >= 0.6 is 0 Å². The lowest BCUT2D eigenvalue weighted by Crippen LogP contribution is -2.35. The topological polar surface area (TPSA) is 109 Å². The fourth-order valence-corrected chi connectivity index (χ4v) is 3.10. The molecule has 8 nitrogen and oxygen atoms in total. The van der Waals surface area contributed by atoms with Crippen molar-refractivity contribution in [1.29, 1.82) is 0 Å². The Labute approximate surface area is 132 Å². The van der Waals surface area contributed by atoms with Gasteiger partial charge in [-0.15, -0.1) is 0 Å². The number of sulfonamides is 1. The highest BCUT2D eigenvalue weighted by atomic mass is 32.2. The summed E-state index contributed by atoms with van der Waals surface area (Å²) in [6.45, 7) is -0.242. The molecule has 0 saturated heterocycles. The van der Waals surface area contributed by atoms with Gasteiger partial charge in [-0.2, -0.15) is 0 Å².